The van der Waals surface area contributed by atoms with E-state index in [1.165, 1.54) is 0 Å². The molecule has 1 fully saturated rings. The summed E-state index contributed by atoms with van der Waals surface area (Å²) in [6, 6.07) is 9.81. The lowest BCUT2D eigenvalue weighted by molar-refractivity contribution is 0.100. The van der Waals surface area contributed by atoms with Crippen LogP contribution in [-0.2, 0) is 13.0 Å². The van der Waals surface area contributed by atoms with Crippen LogP contribution >= 0.6 is 11.6 Å². The highest BCUT2D eigenvalue weighted by atomic mass is 35.5. The van der Waals surface area contributed by atoms with Crippen LogP contribution in [0.4, 0.5) is 11.5 Å². The lowest BCUT2D eigenvalue weighted by atomic mass is 10.0. The molecule has 2 aromatic carbocycles. The predicted molar refractivity (Wildman–Crippen MR) is 136 cm³/mol. The lowest BCUT2D eigenvalue weighted by Crippen LogP contribution is -2.44. The number of nitrogens with one attached hydrogen (secondary N) is 2. The molecule has 34 heavy (non-hydrogen) atoms. The van der Waals surface area contributed by atoms with Crippen molar-refractivity contribution in [1.82, 2.24) is 15.1 Å². The Morgan fingerprint density at radius 2 is 1.82 bits per heavy atom. The molecule has 3 aromatic rings. The van der Waals surface area contributed by atoms with Gasteiger partial charge in [0.05, 0.1) is 16.4 Å². The molecule has 1 aromatic heterocycles. The molecule has 1 amide bonds. The maximum absolute atomic E-state index is 12.3. The van der Waals surface area contributed by atoms with Crippen LogP contribution in [0, 0.1) is 13.8 Å². The number of primary amides is 1. The number of piperazine rings is 1. The van der Waals surface area contributed by atoms with E-state index in [4.69, 9.17) is 17.3 Å². The van der Waals surface area contributed by atoms with Crippen molar-refractivity contribution in [3.8, 4) is 5.75 Å². The molecule has 8 nitrogen and oxygen atoms in total. The first-order chi connectivity index (χ1) is 16.2. The Morgan fingerprint density at radius 1 is 1.15 bits per heavy atom. The highest BCUT2D eigenvalue weighted by Crippen LogP contribution is 2.30. The summed E-state index contributed by atoms with van der Waals surface area (Å²) in [5.74, 6) is 0.149. The van der Waals surface area contributed by atoms with E-state index in [0.717, 1.165) is 54.1 Å². The zero-order valence-corrected chi connectivity index (χ0v) is 20.5. The average molecular weight is 483 g/mol. The van der Waals surface area contributed by atoms with Crippen molar-refractivity contribution in [3.05, 3.63) is 68.9 Å². The Hall–Kier alpha value is -3.23. The molecule has 9 heteroatoms. The number of aryl methyl sites for hydroxylation is 2. The number of aromatic nitrogens is 2. The quantitative estimate of drug-likeness (QED) is 0.410. The number of nitrogens with zero attached hydrogens (tertiary/aromatic N) is 3. The lowest BCUT2D eigenvalue weighted by Gasteiger charge is -2.34. The minimum Gasteiger partial charge on any atom is -0.507 e. The molecule has 1 aliphatic heterocycles. The molecule has 0 bridgehead atoms. The van der Waals surface area contributed by atoms with Crippen LogP contribution in [0.5, 0.6) is 5.75 Å². The largest absolute Gasteiger partial charge is 0.507 e. The molecule has 1 saturated heterocycles. The van der Waals surface area contributed by atoms with Gasteiger partial charge in [0.2, 0.25) is 0 Å². The predicted octanol–water partition coefficient (Wildman–Crippen LogP) is 3.44. The van der Waals surface area contributed by atoms with Gasteiger partial charge in [-0.15, -0.1) is 0 Å². The van der Waals surface area contributed by atoms with Gasteiger partial charge in [0.25, 0.3) is 5.91 Å². The number of H-pyrrole nitrogens is 1. The maximum Gasteiger partial charge on any atom is 0.254 e. The Bertz CT molecular complexity index is 1180. The molecule has 0 saturated carbocycles. The number of aromatic amines is 1. The first-order valence-corrected chi connectivity index (χ1v) is 11.7. The van der Waals surface area contributed by atoms with Crippen LogP contribution in [-0.4, -0.2) is 59.3 Å². The van der Waals surface area contributed by atoms with Crippen LogP contribution in [0.3, 0.4) is 0 Å². The highest BCUT2D eigenvalue weighted by Gasteiger charge is 2.20. The minimum absolute atomic E-state index is 0.293. The molecular formula is C25H31ClN6O2. The highest BCUT2D eigenvalue weighted by molar-refractivity contribution is 6.33. The molecule has 0 spiro atoms. The molecule has 180 valence electrons. The summed E-state index contributed by atoms with van der Waals surface area (Å²) < 4.78 is 0. The smallest absolute Gasteiger partial charge is 0.254 e. The average Bonchev–Trinajstić information content (AvgIpc) is 3.19. The summed E-state index contributed by atoms with van der Waals surface area (Å²) >= 11 is 6.62. The van der Waals surface area contributed by atoms with E-state index in [2.05, 4.69) is 32.4 Å². The number of carbonyl (C=O) groups excluding carboxylic acids is 1. The van der Waals surface area contributed by atoms with Gasteiger partial charge in [0.1, 0.15) is 11.3 Å². The molecule has 0 atom stereocenters. The van der Waals surface area contributed by atoms with Crippen LogP contribution < -0.4 is 16.0 Å². The zero-order valence-electron chi connectivity index (χ0n) is 19.8. The second-order valence-electron chi connectivity index (χ2n) is 8.97. The number of nitrogens with two attached hydrogens (primary N) is 1. The number of likely N-dealkylation sites (N-methyl/N-ethyl adjacent to an activating group) is 1. The van der Waals surface area contributed by atoms with Crippen LogP contribution in [0.2, 0.25) is 5.02 Å². The van der Waals surface area contributed by atoms with Gasteiger partial charge in [0, 0.05) is 39.1 Å². The van der Waals surface area contributed by atoms with E-state index in [0.29, 0.717) is 40.8 Å². The van der Waals surface area contributed by atoms with Crippen molar-refractivity contribution >= 4 is 29.0 Å². The maximum atomic E-state index is 12.3. The molecule has 0 aliphatic carbocycles. The summed E-state index contributed by atoms with van der Waals surface area (Å²) in [5, 5.41) is 21.1. The van der Waals surface area contributed by atoms with Crippen LogP contribution in [0.1, 0.15) is 38.3 Å². The van der Waals surface area contributed by atoms with Crippen LogP contribution in [0.15, 0.2) is 30.3 Å². The number of aromatic hydroxyl groups is 1. The molecule has 5 N–H and O–H groups in total. The number of hydrogen-bond donors (Lipinski definition) is 4. The molecule has 4 rings (SSSR count). The normalized spacial score (nSPS) is 14.4. The number of amides is 1. The number of phenols is 1. The Kier molecular flexibility index (Phi) is 7.00. The summed E-state index contributed by atoms with van der Waals surface area (Å²) in [6.07, 6.45) is 0.452. The third kappa shape index (κ3) is 5.13. The van der Waals surface area contributed by atoms with Gasteiger partial charge in [0.15, 0.2) is 5.82 Å². The van der Waals surface area contributed by atoms with E-state index in [-0.39, 0.29) is 0 Å². The van der Waals surface area contributed by atoms with E-state index in [9.17, 15) is 9.90 Å². The number of hydrogen-bond acceptors (Lipinski definition) is 6. The van der Waals surface area contributed by atoms with E-state index >= 15 is 0 Å². The van der Waals surface area contributed by atoms with Crippen molar-refractivity contribution in [2.45, 2.75) is 26.8 Å². The summed E-state index contributed by atoms with van der Waals surface area (Å²) in [5.41, 5.74) is 11.2. The fourth-order valence-electron chi connectivity index (χ4n) is 4.40. The van der Waals surface area contributed by atoms with Gasteiger partial charge in [-0.3, -0.25) is 9.89 Å². The van der Waals surface area contributed by atoms with Gasteiger partial charge in [-0.1, -0.05) is 29.8 Å². The topological polar surface area (TPSA) is 111 Å². The molecular weight excluding hydrogens is 452 g/mol. The second kappa shape index (κ2) is 9.95. The fraction of sp³-hybridized carbons (Fsp3) is 0.360. The fourth-order valence-corrected chi connectivity index (χ4v) is 4.72. The van der Waals surface area contributed by atoms with Gasteiger partial charge < -0.3 is 26.0 Å². The summed E-state index contributed by atoms with van der Waals surface area (Å²) in [6.45, 7) is 8.05. The van der Waals surface area contributed by atoms with E-state index < -0.39 is 5.91 Å². The van der Waals surface area contributed by atoms with Crippen molar-refractivity contribution in [1.29, 1.82) is 0 Å². The van der Waals surface area contributed by atoms with E-state index in [1.807, 2.05) is 44.2 Å². The van der Waals surface area contributed by atoms with Crippen molar-refractivity contribution in [3.63, 3.8) is 0 Å². The van der Waals surface area contributed by atoms with Crippen molar-refractivity contribution < 1.29 is 9.90 Å². The van der Waals surface area contributed by atoms with Crippen molar-refractivity contribution in [2.75, 3.05) is 43.4 Å². The standard InChI is InChI=1S/C25H31ClN6O2/c1-15-10-18(11-16(2)23(15)33)14-28-25-22(24(27)34)20(29-30-25)13-17-4-5-21(19(26)12-17)32-8-6-31(3)7-9-32/h4-5,10-12,33H,6-9,13-14H2,1-3H3,(H2,27,34)(H2,28,29,30). The van der Waals surface area contributed by atoms with Crippen molar-refractivity contribution in [2.24, 2.45) is 5.73 Å². The first kappa shape index (κ1) is 23.9. The van der Waals surface area contributed by atoms with Gasteiger partial charge in [-0.25, -0.2) is 0 Å². The number of anilines is 2. The van der Waals surface area contributed by atoms with E-state index in [1.54, 1.807) is 0 Å². The van der Waals surface area contributed by atoms with Crippen LogP contribution in [0.25, 0.3) is 0 Å². The SMILES string of the molecule is Cc1cc(CNc2n[nH]c(Cc3ccc(N4CCN(C)CC4)c(Cl)c3)c2C(N)=O)cc(C)c1O. The van der Waals surface area contributed by atoms with Gasteiger partial charge in [-0.2, -0.15) is 5.10 Å². The first-order valence-electron chi connectivity index (χ1n) is 11.3. The Morgan fingerprint density at radius 3 is 2.44 bits per heavy atom. The number of phenolic OH excluding ortho intramolecular Hbond substituents is 1. The molecule has 0 unspecified atom stereocenters. The van der Waals surface area contributed by atoms with Gasteiger partial charge >= 0.3 is 0 Å². The summed E-state index contributed by atoms with van der Waals surface area (Å²) in [7, 11) is 2.12. The molecule has 1 aliphatic rings. The number of halogens is 1. The summed E-state index contributed by atoms with van der Waals surface area (Å²) in [4.78, 5) is 16.9. The monoisotopic (exact) mass is 482 g/mol. The third-order valence-electron chi connectivity index (χ3n) is 6.34. The number of benzene rings is 2. The minimum atomic E-state index is -0.551. The Balaban J connectivity index is 1.50. The van der Waals surface area contributed by atoms with Gasteiger partial charge in [-0.05, 0) is 55.3 Å². The number of carbonyl (C=O) groups is 1. The zero-order chi connectivity index (χ0) is 24.4. The second-order valence-corrected chi connectivity index (χ2v) is 9.38. The molecule has 0 radical (unpaired) electrons. The molecule has 2 heterocycles. The number of rotatable bonds is 7. The Labute approximate surface area is 204 Å². The third-order valence-corrected chi connectivity index (χ3v) is 6.64.